The topological polar surface area (TPSA) is 86.2 Å². The van der Waals surface area contributed by atoms with Crippen molar-refractivity contribution in [2.24, 2.45) is 0 Å². The van der Waals surface area contributed by atoms with Crippen molar-refractivity contribution in [3.8, 4) is 11.5 Å². The van der Waals surface area contributed by atoms with Crippen LogP contribution in [0.5, 0.6) is 0 Å². The summed E-state index contributed by atoms with van der Waals surface area (Å²) in [5, 5.41) is 0. The van der Waals surface area contributed by atoms with Crippen LogP contribution in [0, 0.1) is 0 Å². The first-order chi connectivity index (χ1) is 17.5. The number of hydrogen-bond donors (Lipinski definition) is 0. The molecular weight excluding hydrogens is 484 g/mol. The minimum Gasteiger partial charge on any atom is -0.440 e. The Hall–Kier alpha value is -3.45. The van der Waals surface area contributed by atoms with Crippen LogP contribution < -0.4 is 0 Å². The van der Waals surface area contributed by atoms with Gasteiger partial charge < -0.3 is 8.83 Å². The first-order valence-electron chi connectivity index (χ1n) is 12.7. The highest BCUT2D eigenvalue weighted by molar-refractivity contribution is 7.91. The highest BCUT2D eigenvalue weighted by Crippen LogP contribution is 2.42. The van der Waals surface area contributed by atoms with Crippen LogP contribution >= 0.6 is 0 Å². The van der Waals surface area contributed by atoms with E-state index in [4.69, 9.17) is 8.83 Å². The minimum absolute atomic E-state index is 0.146. The van der Waals surface area contributed by atoms with Crippen molar-refractivity contribution in [2.45, 2.75) is 74.5 Å². The van der Waals surface area contributed by atoms with Crippen molar-refractivity contribution in [1.29, 1.82) is 0 Å². The van der Waals surface area contributed by atoms with E-state index < -0.39 is 9.84 Å². The average molecular weight is 515 g/mol. The van der Waals surface area contributed by atoms with E-state index >= 15 is 0 Å². The molecule has 0 radical (unpaired) electrons. The van der Waals surface area contributed by atoms with Gasteiger partial charge in [-0.25, -0.2) is 18.4 Å². The molecule has 0 spiro atoms. The fourth-order valence-corrected chi connectivity index (χ4v) is 6.50. The van der Waals surface area contributed by atoms with E-state index in [0.717, 1.165) is 24.8 Å². The van der Waals surface area contributed by atoms with Crippen LogP contribution in [0.25, 0.3) is 33.7 Å². The lowest BCUT2D eigenvalue weighted by molar-refractivity contribution is 0.335. The Balaban J connectivity index is 1.35. The standard InChI is InChI=1S/C30H30N2O4S/c1-6-30(5,7-2)28-32-24-13-10-21(16-26(24)36-28)37(33,34)20-9-12-23-25(15-20)35-27(31-23)18-8-11-22-19(14-18)17-29(22,3)4/h8-16H,6-7,17H2,1-5H3. The van der Waals surface area contributed by atoms with E-state index in [1.165, 1.54) is 11.1 Å². The molecule has 6 rings (SSSR count). The Kier molecular flexibility index (Phi) is 5.19. The van der Waals surface area contributed by atoms with Crippen LogP contribution in [0.1, 0.15) is 64.5 Å². The summed E-state index contributed by atoms with van der Waals surface area (Å²) in [6.07, 6.45) is 2.78. The molecule has 0 atom stereocenters. The number of aromatic nitrogens is 2. The molecular formula is C30H30N2O4S. The summed E-state index contributed by atoms with van der Waals surface area (Å²) in [6, 6.07) is 15.9. The van der Waals surface area contributed by atoms with Crippen molar-refractivity contribution in [3.63, 3.8) is 0 Å². The predicted molar refractivity (Wildman–Crippen MR) is 144 cm³/mol. The van der Waals surface area contributed by atoms with Crippen molar-refractivity contribution < 1.29 is 17.3 Å². The Morgan fingerprint density at radius 1 is 0.865 bits per heavy atom. The molecule has 2 aromatic heterocycles. The largest absolute Gasteiger partial charge is 0.440 e. The molecule has 0 unspecified atom stereocenters. The summed E-state index contributed by atoms with van der Waals surface area (Å²) in [4.78, 5) is 9.54. The third kappa shape index (κ3) is 3.71. The quantitative estimate of drug-likeness (QED) is 0.235. The molecule has 0 saturated carbocycles. The lowest BCUT2D eigenvalue weighted by atomic mass is 9.66. The molecule has 0 aliphatic heterocycles. The normalized spacial score (nSPS) is 15.2. The van der Waals surface area contributed by atoms with E-state index in [1.54, 1.807) is 36.4 Å². The summed E-state index contributed by atoms with van der Waals surface area (Å²) < 4.78 is 39.2. The van der Waals surface area contributed by atoms with Gasteiger partial charge in [0, 0.05) is 23.1 Å². The first-order valence-corrected chi connectivity index (χ1v) is 14.2. The van der Waals surface area contributed by atoms with Gasteiger partial charge in [-0.05, 0) is 72.2 Å². The van der Waals surface area contributed by atoms with Crippen LogP contribution in [-0.2, 0) is 27.1 Å². The zero-order chi connectivity index (χ0) is 26.2. The van der Waals surface area contributed by atoms with Crippen LogP contribution in [0.15, 0.2) is 73.2 Å². The van der Waals surface area contributed by atoms with Crippen LogP contribution in [0.3, 0.4) is 0 Å². The number of sulfone groups is 1. The number of oxazole rings is 2. The second-order valence-corrected chi connectivity index (χ2v) is 13.0. The highest BCUT2D eigenvalue weighted by Gasteiger charge is 2.34. The van der Waals surface area contributed by atoms with Crippen molar-refractivity contribution in [2.75, 3.05) is 0 Å². The lowest BCUT2D eigenvalue weighted by Crippen LogP contribution is -2.32. The smallest absolute Gasteiger partial charge is 0.227 e. The second kappa shape index (κ2) is 8.02. The molecule has 190 valence electrons. The van der Waals surface area contributed by atoms with Crippen molar-refractivity contribution in [1.82, 2.24) is 9.97 Å². The van der Waals surface area contributed by atoms with Gasteiger partial charge in [-0.1, -0.05) is 40.7 Å². The number of benzene rings is 3. The summed E-state index contributed by atoms with van der Waals surface area (Å²) in [5.74, 6) is 1.12. The molecule has 3 aromatic carbocycles. The number of fused-ring (bicyclic) bond motifs is 3. The van der Waals surface area contributed by atoms with E-state index in [0.29, 0.717) is 34.0 Å². The number of rotatable bonds is 6. The molecule has 0 N–H and O–H groups in total. The van der Waals surface area contributed by atoms with Crippen molar-refractivity contribution >= 4 is 32.0 Å². The number of nitrogens with zero attached hydrogens (tertiary/aromatic N) is 2. The maximum Gasteiger partial charge on any atom is 0.227 e. The Bertz CT molecular complexity index is 1790. The molecule has 0 bridgehead atoms. The van der Waals surface area contributed by atoms with Gasteiger partial charge in [0.25, 0.3) is 0 Å². The van der Waals surface area contributed by atoms with E-state index in [-0.39, 0.29) is 20.6 Å². The van der Waals surface area contributed by atoms with Gasteiger partial charge in [0.15, 0.2) is 11.2 Å². The summed E-state index contributed by atoms with van der Waals surface area (Å²) in [5.41, 5.74) is 5.74. The van der Waals surface area contributed by atoms with Crippen LogP contribution in [0.2, 0.25) is 0 Å². The maximum absolute atomic E-state index is 13.5. The Morgan fingerprint density at radius 2 is 1.49 bits per heavy atom. The van der Waals surface area contributed by atoms with Gasteiger partial charge in [-0.15, -0.1) is 0 Å². The lowest BCUT2D eigenvalue weighted by Gasteiger charge is -2.38. The van der Waals surface area contributed by atoms with Crippen LogP contribution in [-0.4, -0.2) is 18.4 Å². The fourth-order valence-electron chi connectivity index (χ4n) is 5.21. The first kappa shape index (κ1) is 23.9. The monoisotopic (exact) mass is 514 g/mol. The zero-order valence-corrected chi connectivity index (χ0v) is 22.6. The van der Waals surface area contributed by atoms with Gasteiger partial charge in [0.05, 0.1) is 9.79 Å². The summed E-state index contributed by atoms with van der Waals surface area (Å²) in [7, 11) is -3.81. The predicted octanol–water partition coefficient (Wildman–Crippen LogP) is 7.38. The zero-order valence-electron chi connectivity index (χ0n) is 21.8. The third-order valence-corrected chi connectivity index (χ3v) is 9.88. The van der Waals surface area contributed by atoms with Gasteiger partial charge >= 0.3 is 0 Å². The third-order valence-electron chi connectivity index (χ3n) is 8.13. The van der Waals surface area contributed by atoms with E-state index in [1.807, 2.05) is 6.07 Å². The molecule has 1 aliphatic carbocycles. The fraction of sp³-hybridized carbons (Fsp3) is 0.333. The molecule has 2 heterocycles. The summed E-state index contributed by atoms with van der Waals surface area (Å²) >= 11 is 0. The van der Waals surface area contributed by atoms with Gasteiger partial charge in [-0.3, -0.25) is 0 Å². The number of hydrogen-bond acceptors (Lipinski definition) is 6. The second-order valence-electron chi connectivity index (χ2n) is 11.0. The molecule has 5 aromatic rings. The molecule has 6 nitrogen and oxygen atoms in total. The minimum atomic E-state index is -3.81. The Morgan fingerprint density at radius 3 is 2.08 bits per heavy atom. The average Bonchev–Trinajstić information content (AvgIpc) is 3.51. The molecule has 0 saturated heterocycles. The molecule has 0 fully saturated rings. The molecule has 1 aliphatic rings. The SMILES string of the molecule is CCC(C)(CC)c1nc2ccc(S(=O)(=O)c3ccc4nc(-c5ccc6c(c5)CC6(C)C)oc4c3)cc2o1. The summed E-state index contributed by atoms with van der Waals surface area (Å²) in [6.45, 7) is 10.8. The highest BCUT2D eigenvalue weighted by atomic mass is 32.2. The Labute approximate surface area is 216 Å². The molecule has 7 heteroatoms. The molecule has 0 amide bonds. The molecule has 37 heavy (non-hydrogen) atoms. The van der Waals surface area contributed by atoms with Gasteiger partial charge in [-0.2, -0.15) is 0 Å². The van der Waals surface area contributed by atoms with E-state index in [2.05, 4.69) is 56.7 Å². The van der Waals surface area contributed by atoms with Crippen LogP contribution in [0.4, 0.5) is 0 Å². The maximum atomic E-state index is 13.5. The van der Waals surface area contributed by atoms with E-state index in [9.17, 15) is 8.42 Å². The van der Waals surface area contributed by atoms with Crippen molar-refractivity contribution in [3.05, 3.63) is 71.6 Å². The van der Waals surface area contributed by atoms with Gasteiger partial charge in [0.1, 0.15) is 11.0 Å². The van der Waals surface area contributed by atoms with Gasteiger partial charge in [0.2, 0.25) is 21.6 Å².